The predicted molar refractivity (Wildman–Crippen MR) is 89.1 cm³/mol. The maximum absolute atomic E-state index is 12.7. The third kappa shape index (κ3) is 2.36. The second-order valence-electron chi connectivity index (χ2n) is 5.10. The van der Waals surface area contributed by atoms with Gasteiger partial charge in [0.1, 0.15) is 4.83 Å². The van der Waals surface area contributed by atoms with Gasteiger partial charge in [0.15, 0.2) is 5.16 Å². The molecule has 0 spiro atoms. The molecule has 0 bridgehead atoms. The van der Waals surface area contributed by atoms with E-state index in [0.29, 0.717) is 5.25 Å². The van der Waals surface area contributed by atoms with Gasteiger partial charge in [-0.3, -0.25) is 9.36 Å². The predicted octanol–water partition coefficient (Wildman–Crippen LogP) is 0.250. The number of hydrogen-bond acceptors (Lipinski definition) is 4. The molecule has 3 heterocycles. The highest BCUT2D eigenvalue weighted by molar-refractivity contribution is 14.1. The number of fused-ring (bicyclic) bond motifs is 4. The summed E-state index contributed by atoms with van der Waals surface area (Å²) in [6, 6.07) is 0. The number of thioether (sulfide) groups is 1. The lowest BCUT2D eigenvalue weighted by Gasteiger charge is -2.10. The van der Waals surface area contributed by atoms with Crippen LogP contribution in [-0.2, 0) is 19.4 Å². The molecule has 0 amide bonds. The van der Waals surface area contributed by atoms with E-state index in [1.807, 2.05) is 4.57 Å². The second-order valence-corrected chi connectivity index (χ2v) is 8.33. The van der Waals surface area contributed by atoms with E-state index in [4.69, 9.17) is 4.98 Å². The zero-order valence-corrected chi connectivity index (χ0v) is 16.6. The van der Waals surface area contributed by atoms with Gasteiger partial charge in [0.25, 0.3) is 5.56 Å². The number of nitrogens with zero attached hydrogens (tertiary/aromatic N) is 2. The van der Waals surface area contributed by atoms with E-state index in [9.17, 15) is 4.79 Å². The molecule has 4 rings (SSSR count). The van der Waals surface area contributed by atoms with Crippen molar-refractivity contribution >= 4 is 55.9 Å². The van der Waals surface area contributed by atoms with Crippen molar-refractivity contribution in [2.75, 3.05) is 4.43 Å². The number of thiophene rings is 1. The Morgan fingerprint density at radius 2 is 2.15 bits per heavy atom. The van der Waals surface area contributed by atoms with Gasteiger partial charge in [0.2, 0.25) is 0 Å². The molecule has 1 aliphatic heterocycles. The van der Waals surface area contributed by atoms with Gasteiger partial charge in [0, 0.05) is 21.1 Å². The first kappa shape index (κ1) is 15.5. The van der Waals surface area contributed by atoms with Crippen LogP contribution in [0.1, 0.15) is 23.3 Å². The monoisotopic (exact) mass is 531 g/mol. The van der Waals surface area contributed by atoms with Gasteiger partial charge in [-0.25, -0.2) is 4.98 Å². The molecule has 0 fully saturated rings. The smallest absolute Gasteiger partial charge is 0.263 e. The molecule has 1 unspecified atom stereocenters. The zero-order chi connectivity index (χ0) is 13.0. The number of halogens is 2. The van der Waals surface area contributed by atoms with Gasteiger partial charge < -0.3 is 24.0 Å². The van der Waals surface area contributed by atoms with Gasteiger partial charge >= 0.3 is 0 Å². The fourth-order valence-electron chi connectivity index (χ4n) is 2.94. The molecule has 0 N–H and O–H groups in total. The number of aryl methyl sites for hydroxylation is 2. The van der Waals surface area contributed by atoms with Crippen molar-refractivity contribution in [3.05, 3.63) is 20.8 Å². The van der Waals surface area contributed by atoms with Gasteiger partial charge in [0.05, 0.1) is 5.39 Å². The largest absolute Gasteiger partial charge is 1.00 e. The molecular weight excluding hydrogens is 518 g/mol. The SMILES string of the molecule is O=c1c2c3c(sc2nc2n1CC(CI)S2)CCCC3.[I-]. The van der Waals surface area contributed by atoms with E-state index in [0.717, 1.165) is 39.2 Å². The Kier molecular flexibility index (Phi) is 4.69. The first-order valence-corrected chi connectivity index (χ1v) is 9.78. The van der Waals surface area contributed by atoms with Crippen molar-refractivity contribution < 1.29 is 24.0 Å². The van der Waals surface area contributed by atoms with E-state index in [2.05, 4.69) is 22.6 Å². The summed E-state index contributed by atoms with van der Waals surface area (Å²) in [5.74, 6) is 0. The number of hydrogen-bond donors (Lipinski definition) is 0. The molecule has 2 aliphatic rings. The van der Waals surface area contributed by atoms with Crippen LogP contribution in [0.4, 0.5) is 0 Å². The molecule has 108 valence electrons. The number of rotatable bonds is 1. The molecule has 7 heteroatoms. The van der Waals surface area contributed by atoms with Crippen molar-refractivity contribution in [3.8, 4) is 0 Å². The first-order valence-electron chi connectivity index (χ1n) is 6.55. The third-order valence-electron chi connectivity index (χ3n) is 3.87. The molecule has 20 heavy (non-hydrogen) atoms. The molecule has 3 nitrogen and oxygen atoms in total. The van der Waals surface area contributed by atoms with Crippen LogP contribution in [0.15, 0.2) is 9.95 Å². The highest BCUT2D eigenvalue weighted by Gasteiger charge is 2.28. The lowest BCUT2D eigenvalue weighted by atomic mass is 9.97. The van der Waals surface area contributed by atoms with Crippen molar-refractivity contribution in [1.29, 1.82) is 0 Å². The van der Waals surface area contributed by atoms with Crippen LogP contribution in [0.25, 0.3) is 10.2 Å². The van der Waals surface area contributed by atoms with Gasteiger partial charge in [-0.15, -0.1) is 11.3 Å². The van der Waals surface area contributed by atoms with Gasteiger partial charge in [-0.2, -0.15) is 0 Å². The standard InChI is InChI=1S/C13H13IN2OS2.HI/c14-5-7-6-16-12(17)10-8-3-1-2-4-9(8)19-11(10)15-13(16)18-7;/h7H,1-6H2;1H/p-1. The zero-order valence-electron chi connectivity index (χ0n) is 10.7. The summed E-state index contributed by atoms with van der Waals surface area (Å²) in [4.78, 5) is 19.9. The summed E-state index contributed by atoms with van der Waals surface area (Å²) in [5.41, 5.74) is 1.52. The average molecular weight is 531 g/mol. The van der Waals surface area contributed by atoms with E-state index in [-0.39, 0.29) is 29.5 Å². The molecule has 1 atom stereocenters. The quantitative estimate of drug-likeness (QED) is 0.301. The van der Waals surface area contributed by atoms with E-state index in [1.165, 1.54) is 23.3 Å². The van der Waals surface area contributed by atoms with Crippen LogP contribution in [0.5, 0.6) is 0 Å². The van der Waals surface area contributed by atoms with Crippen LogP contribution in [0.3, 0.4) is 0 Å². The highest BCUT2D eigenvalue weighted by Crippen LogP contribution is 2.37. The van der Waals surface area contributed by atoms with E-state index in [1.54, 1.807) is 23.1 Å². The Labute approximate surface area is 156 Å². The molecule has 2 aromatic heterocycles. The van der Waals surface area contributed by atoms with Crippen molar-refractivity contribution in [2.24, 2.45) is 0 Å². The Morgan fingerprint density at radius 1 is 1.35 bits per heavy atom. The van der Waals surface area contributed by atoms with Crippen LogP contribution in [0, 0.1) is 0 Å². The Hall–Kier alpha value is 0.650. The molecule has 0 aromatic carbocycles. The van der Waals surface area contributed by atoms with Crippen molar-refractivity contribution in [3.63, 3.8) is 0 Å². The maximum Gasteiger partial charge on any atom is 0.263 e. The fraction of sp³-hybridized carbons (Fsp3) is 0.538. The third-order valence-corrected chi connectivity index (χ3v) is 7.89. The number of alkyl halides is 1. The summed E-state index contributed by atoms with van der Waals surface area (Å²) in [6.07, 6.45) is 4.67. The topological polar surface area (TPSA) is 34.9 Å². The highest BCUT2D eigenvalue weighted by atomic mass is 127. The Balaban J connectivity index is 0.00000121. The number of aromatic nitrogens is 2. The summed E-state index contributed by atoms with van der Waals surface area (Å²) in [6.45, 7) is 0.829. The van der Waals surface area contributed by atoms with Crippen molar-refractivity contribution in [1.82, 2.24) is 9.55 Å². The lowest BCUT2D eigenvalue weighted by Crippen LogP contribution is -3.00. The minimum absolute atomic E-state index is 0. The second kappa shape index (κ2) is 6.04. The van der Waals surface area contributed by atoms with Crippen LogP contribution in [-0.4, -0.2) is 19.2 Å². The average Bonchev–Trinajstić information content (AvgIpc) is 2.99. The summed E-state index contributed by atoms with van der Waals surface area (Å²) >= 11 is 5.90. The van der Waals surface area contributed by atoms with Gasteiger partial charge in [-0.05, 0) is 31.2 Å². The van der Waals surface area contributed by atoms with Gasteiger partial charge in [-0.1, -0.05) is 34.4 Å². The summed E-state index contributed by atoms with van der Waals surface area (Å²) in [5, 5.41) is 2.36. The normalized spacial score (nSPS) is 20.6. The van der Waals surface area contributed by atoms with Crippen LogP contribution in [0.2, 0.25) is 0 Å². The molecule has 0 radical (unpaired) electrons. The van der Waals surface area contributed by atoms with Crippen molar-refractivity contribution in [2.45, 2.75) is 42.6 Å². The molecule has 1 aliphatic carbocycles. The maximum atomic E-state index is 12.7. The molecule has 2 aromatic rings. The Bertz CT molecular complexity index is 725. The molecular formula is C13H13I2N2OS2-. The van der Waals surface area contributed by atoms with E-state index < -0.39 is 0 Å². The van der Waals surface area contributed by atoms with E-state index >= 15 is 0 Å². The molecule has 0 saturated carbocycles. The van der Waals surface area contributed by atoms with Crippen LogP contribution >= 0.6 is 45.7 Å². The lowest BCUT2D eigenvalue weighted by molar-refractivity contribution is -0.00000361. The van der Waals surface area contributed by atoms with Crippen LogP contribution < -0.4 is 29.5 Å². The summed E-state index contributed by atoms with van der Waals surface area (Å²) < 4.78 is 2.97. The minimum atomic E-state index is 0. The first-order chi connectivity index (χ1) is 9.28. The summed E-state index contributed by atoms with van der Waals surface area (Å²) in [7, 11) is 0. The Morgan fingerprint density at radius 3 is 2.95 bits per heavy atom. The molecule has 0 saturated heterocycles. The minimum Gasteiger partial charge on any atom is -1.00 e. The fourth-order valence-corrected chi connectivity index (χ4v) is 6.08.